The molecular formula is C11H18N4O2. The van der Waals surface area contributed by atoms with Crippen molar-refractivity contribution in [2.24, 2.45) is 10.7 Å². The number of hydrogen-bond donors (Lipinski definition) is 3. The summed E-state index contributed by atoms with van der Waals surface area (Å²) >= 11 is 0. The quantitative estimate of drug-likeness (QED) is 0.292. The van der Waals surface area contributed by atoms with Gasteiger partial charge in [-0.05, 0) is 12.1 Å². The molecule has 0 saturated carbocycles. The number of benzene rings is 1. The van der Waals surface area contributed by atoms with Crippen LogP contribution in [0.25, 0.3) is 0 Å². The maximum atomic E-state index is 5.64. The van der Waals surface area contributed by atoms with Crippen molar-refractivity contribution >= 4 is 11.6 Å². The van der Waals surface area contributed by atoms with Crippen LogP contribution in [0.15, 0.2) is 35.3 Å². The van der Waals surface area contributed by atoms with Gasteiger partial charge in [0.05, 0.1) is 12.2 Å². The Kier molecular flexibility index (Phi) is 5.84. The number of nitrogens with two attached hydrogens (primary N) is 1. The average molecular weight is 238 g/mol. The number of nitrogens with one attached hydrogen (secondary N) is 2. The fourth-order valence-electron chi connectivity index (χ4n) is 1.12. The van der Waals surface area contributed by atoms with Crippen molar-refractivity contribution in [3.8, 4) is 0 Å². The van der Waals surface area contributed by atoms with Gasteiger partial charge in [-0.25, -0.2) is 4.99 Å². The van der Waals surface area contributed by atoms with Gasteiger partial charge in [0.1, 0.15) is 0 Å². The van der Waals surface area contributed by atoms with Gasteiger partial charge in [0.25, 0.3) is 0 Å². The smallest absolute Gasteiger partial charge is 0.207 e. The zero-order chi connectivity index (χ0) is 12.5. The lowest BCUT2D eigenvalue weighted by atomic mass is 10.3. The van der Waals surface area contributed by atoms with E-state index in [-0.39, 0.29) is 12.2 Å². The number of aliphatic imine (C=N–C) groups is 1. The van der Waals surface area contributed by atoms with Crippen molar-refractivity contribution in [2.45, 2.75) is 6.29 Å². The van der Waals surface area contributed by atoms with Crippen LogP contribution in [0.1, 0.15) is 0 Å². The first-order valence-corrected chi connectivity index (χ1v) is 5.19. The minimum atomic E-state index is -0.382. The van der Waals surface area contributed by atoms with E-state index in [2.05, 4.69) is 15.8 Å². The van der Waals surface area contributed by atoms with Gasteiger partial charge in [-0.2, -0.15) is 0 Å². The molecule has 0 saturated heterocycles. The van der Waals surface area contributed by atoms with Crippen LogP contribution in [0.5, 0.6) is 0 Å². The Labute approximate surface area is 101 Å². The molecule has 0 aliphatic carbocycles. The number of guanidine groups is 1. The molecule has 0 fully saturated rings. The van der Waals surface area contributed by atoms with Gasteiger partial charge in [0.2, 0.25) is 5.96 Å². The Morgan fingerprint density at radius 1 is 1.29 bits per heavy atom. The summed E-state index contributed by atoms with van der Waals surface area (Å²) < 4.78 is 9.96. The van der Waals surface area contributed by atoms with Crippen LogP contribution in [0.3, 0.4) is 0 Å². The lowest BCUT2D eigenvalue weighted by molar-refractivity contribution is -0.0937. The lowest BCUT2D eigenvalue weighted by Gasteiger charge is -2.12. The molecule has 0 aromatic heterocycles. The average Bonchev–Trinajstić information content (AvgIpc) is 2.39. The van der Waals surface area contributed by atoms with Crippen molar-refractivity contribution in [3.63, 3.8) is 0 Å². The van der Waals surface area contributed by atoms with E-state index in [1.165, 1.54) is 0 Å². The van der Waals surface area contributed by atoms with E-state index in [9.17, 15) is 0 Å². The highest BCUT2D eigenvalue weighted by molar-refractivity contribution is 5.79. The Hall–Kier alpha value is -1.79. The summed E-state index contributed by atoms with van der Waals surface area (Å²) in [4.78, 5) is 4.05. The van der Waals surface area contributed by atoms with E-state index in [0.29, 0.717) is 6.54 Å². The summed E-state index contributed by atoms with van der Waals surface area (Å²) in [5, 5.41) is 0. The summed E-state index contributed by atoms with van der Waals surface area (Å²) in [6, 6.07) is 9.59. The first-order valence-electron chi connectivity index (χ1n) is 5.19. The van der Waals surface area contributed by atoms with Crippen molar-refractivity contribution in [1.82, 2.24) is 5.43 Å². The molecule has 17 heavy (non-hydrogen) atoms. The Balaban J connectivity index is 2.34. The molecule has 0 bridgehead atoms. The third kappa shape index (κ3) is 5.19. The van der Waals surface area contributed by atoms with Gasteiger partial charge < -0.3 is 15.2 Å². The maximum Gasteiger partial charge on any atom is 0.207 e. The number of ether oxygens (including phenoxy) is 2. The Bertz CT molecular complexity index is 339. The molecule has 0 atom stereocenters. The summed E-state index contributed by atoms with van der Waals surface area (Å²) in [7, 11) is 3.10. The van der Waals surface area contributed by atoms with Gasteiger partial charge in [-0.15, -0.1) is 0 Å². The number of nitrogens with zero attached hydrogens (tertiary/aromatic N) is 1. The molecule has 1 aromatic rings. The highest BCUT2D eigenvalue weighted by Crippen LogP contribution is 2.02. The number of para-hydroxylation sites is 1. The second kappa shape index (κ2) is 7.48. The highest BCUT2D eigenvalue weighted by atomic mass is 16.7. The molecule has 1 aromatic carbocycles. The van der Waals surface area contributed by atoms with Crippen molar-refractivity contribution in [2.75, 3.05) is 26.2 Å². The second-order valence-corrected chi connectivity index (χ2v) is 3.24. The third-order valence-electron chi connectivity index (χ3n) is 2.05. The minimum absolute atomic E-state index is 0.271. The maximum absolute atomic E-state index is 5.64. The standard InChI is InChI=1S/C11H18N4O2/c1-16-10(17-2)8-13-11(12)15-14-9-6-4-3-5-7-9/h3-7,10,14H,8H2,1-2H3,(H3,12,13,15). The molecule has 0 heterocycles. The summed E-state index contributed by atoms with van der Waals surface area (Å²) in [5.74, 6) is 0.271. The molecule has 94 valence electrons. The molecule has 4 N–H and O–H groups in total. The topological polar surface area (TPSA) is 80.9 Å². The lowest BCUT2D eigenvalue weighted by Crippen LogP contribution is -2.37. The molecule has 0 unspecified atom stereocenters. The van der Waals surface area contributed by atoms with Gasteiger partial charge in [-0.1, -0.05) is 18.2 Å². The summed E-state index contributed by atoms with van der Waals surface area (Å²) in [6.07, 6.45) is -0.382. The molecule has 0 aliphatic heterocycles. The van der Waals surface area contributed by atoms with Crippen molar-refractivity contribution in [1.29, 1.82) is 0 Å². The van der Waals surface area contributed by atoms with Gasteiger partial charge >= 0.3 is 0 Å². The SMILES string of the molecule is COC(CN=C(N)NNc1ccccc1)OC. The van der Waals surface area contributed by atoms with Crippen molar-refractivity contribution in [3.05, 3.63) is 30.3 Å². The normalized spacial score (nSPS) is 11.6. The van der Waals surface area contributed by atoms with Crippen LogP contribution < -0.4 is 16.6 Å². The largest absolute Gasteiger partial charge is 0.369 e. The second-order valence-electron chi connectivity index (χ2n) is 3.24. The first kappa shape index (κ1) is 13.3. The van der Waals surface area contributed by atoms with Crippen LogP contribution in [0.4, 0.5) is 5.69 Å². The molecule has 0 amide bonds. The summed E-state index contributed by atoms with van der Waals surface area (Å²) in [5.41, 5.74) is 12.2. The Morgan fingerprint density at radius 2 is 1.94 bits per heavy atom. The van der Waals surface area contributed by atoms with E-state index in [1.54, 1.807) is 14.2 Å². The monoisotopic (exact) mass is 238 g/mol. The number of anilines is 1. The molecule has 6 heteroatoms. The van der Waals surface area contributed by atoms with Crippen LogP contribution in [-0.4, -0.2) is 33.0 Å². The van der Waals surface area contributed by atoms with Gasteiger partial charge in [-0.3, -0.25) is 10.9 Å². The zero-order valence-electron chi connectivity index (χ0n) is 10.0. The molecule has 0 aliphatic rings. The molecular weight excluding hydrogens is 220 g/mol. The molecule has 1 rings (SSSR count). The van der Waals surface area contributed by atoms with Crippen LogP contribution in [0.2, 0.25) is 0 Å². The number of methoxy groups -OCH3 is 2. The molecule has 0 radical (unpaired) electrons. The molecule has 0 spiro atoms. The van der Waals surface area contributed by atoms with E-state index in [0.717, 1.165) is 5.69 Å². The van der Waals surface area contributed by atoms with Crippen LogP contribution in [-0.2, 0) is 9.47 Å². The summed E-state index contributed by atoms with van der Waals surface area (Å²) in [6.45, 7) is 0.336. The number of hydrazine groups is 1. The fraction of sp³-hybridized carbons (Fsp3) is 0.364. The number of hydrogen-bond acceptors (Lipinski definition) is 4. The third-order valence-corrected chi connectivity index (χ3v) is 2.05. The number of rotatable bonds is 6. The highest BCUT2D eigenvalue weighted by Gasteiger charge is 2.02. The predicted octanol–water partition coefficient (Wildman–Crippen LogP) is 0.537. The van der Waals surface area contributed by atoms with Gasteiger partial charge in [0.15, 0.2) is 6.29 Å². The zero-order valence-corrected chi connectivity index (χ0v) is 10.0. The van der Waals surface area contributed by atoms with E-state index < -0.39 is 0 Å². The van der Waals surface area contributed by atoms with E-state index in [4.69, 9.17) is 15.2 Å². The predicted molar refractivity (Wildman–Crippen MR) is 67.5 cm³/mol. The van der Waals surface area contributed by atoms with Gasteiger partial charge in [0, 0.05) is 14.2 Å². The van der Waals surface area contributed by atoms with E-state index in [1.807, 2.05) is 30.3 Å². The van der Waals surface area contributed by atoms with Crippen LogP contribution >= 0.6 is 0 Å². The minimum Gasteiger partial charge on any atom is -0.369 e. The van der Waals surface area contributed by atoms with Crippen molar-refractivity contribution < 1.29 is 9.47 Å². The first-order chi connectivity index (χ1) is 8.26. The fourth-order valence-corrected chi connectivity index (χ4v) is 1.12. The molecule has 6 nitrogen and oxygen atoms in total. The Morgan fingerprint density at radius 3 is 2.53 bits per heavy atom. The van der Waals surface area contributed by atoms with E-state index >= 15 is 0 Å². The van der Waals surface area contributed by atoms with Crippen LogP contribution in [0, 0.1) is 0 Å².